The zero-order chi connectivity index (χ0) is 15.5. The highest BCUT2D eigenvalue weighted by molar-refractivity contribution is 7.89. The lowest BCUT2D eigenvalue weighted by molar-refractivity contribution is 0.217. The molecule has 21 heavy (non-hydrogen) atoms. The Morgan fingerprint density at radius 3 is 2.43 bits per heavy atom. The molecule has 2 rings (SSSR count). The first-order chi connectivity index (χ1) is 10.0. The van der Waals surface area contributed by atoms with Gasteiger partial charge < -0.3 is 10.2 Å². The molecule has 2 aromatic rings. The maximum Gasteiger partial charge on any atom is 0.243 e. The van der Waals surface area contributed by atoms with E-state index in [1.807, 2.05) is 6.92 Å². The van der Waals surface area contributed by atoms with Crippen LogP contribution in [0.3, 0.4) is 0 Å². The molecule has 0 atom stereocenters. The Balaban J connectivity index is 2.62. The molecular formula is C14H18N2O4S. The molecule has 0 saturated carbocycles. The van der Waals surface area contributed by atoms with Crippen molar-refractivity contribution >= 4 is 20.9 Å². The summed E-state index contributed by atoms with van der Waals surface area (Å²) in [4.78, 5) is 4.36. The van der Waals surface area contributed by atoms with Crippen LogP contribution in [0.15, 0.2) is 35.4 Å². The first-order valence-corrected chi connectivity index (χ1v) is 8.02. The Hall–Kier alpha value is -1.54. The van der Waals surface area contributed by atoms with Crippen molar-refractivity contribution in [2.45, 2.75) is 11.8 Å². The Morgan fingerprint density at radius 2 is 1.81 bits per heavy atom. The summed E-state index contributed by atoms with van der Waals surface area (Å²) in [7, 11) is -3.80. The maximum atomic E-state index is 12.7. The fraction of sp³-hybridized carbons (Fsp3) is 0.357. The van der Waals surface area contributed by atoms with Gasteiger partial charge in [0, 0.05) is 24.7 Å². The van der Waals surface area contributed by atoms with Crippen molar-refractivity contribution in [1.82, 2.24) is 9.29 Å². The van der Waals surface area contributed by atoms with Crippen LogP contribution in [-0.4, -0.2) is 54.2 Å². The molecule has 0 fully saturated rings. The summed E-state index contributed by atoms with van der Waals surface area (Å²) in [6.07, 6.45) is 1.62. The standard InChI is InChI=1S/C14H18N2O4S/c1-11-4-5-13(12-3-2-6-15-14(11)12)21(19,20)16(7-9-17)8-10-18/h2-6,17-18H,7-10H2,1H3. The van der Waals surface area contributed by atoms with Crippen molar-refractivity contribution < 1.29 is 18.6 Å². The topological polar surface area (TPSA) is 90.7 Å². The molecule has 0 spiro atoms. The minimum absolute atomic E-state index is 0.0570. The van der Waals surface area contributed by atoms with Crippen molar-refractivity contribution in [2.24, 2.45) is 0 Å². The average molecular weight is 310 g/mol. The van der Waals surface area contributed by atoms with Gasteiger partial charge >= 0.3 is 0 Å². The molecule has 0 saturated heterocycles. The van der Waals surface area contributed by atoms with E-state index in [9.17, 15) is 8.42 Å². The van der Waals surface area contributed by atoms with E-state index in [1.54, 1.807) is 24.4 Å². The Kier molecular flexibility index (Phi) is 4.89. The summed E-state index contributed by atoms with van der Waals surface area (Å²) in [5, 5.41) is 18.6. The van der Waals surface area contributed by atoms with Crippen molar-refractivity contribution in [1.29, 1.82) is 0 Å². The normalized spacial score (nSPS) is 12.2. The van der Waals surface area contributed by atoms with Gasteiger partial charge in [0.1, 0.15) is 0 Å². The molecule has 1 heterocycles. The second kappa shape index (κ2) is 6.48. The van der Waals surface area contributed by atoms with Gasteiger partial charge in [-0.1, -0.05) is 6.07 Å². The van der Waals surface area contributed by atoms with Gasteiger partial charge in [-0.2, -0.15) is 4.31 Å². The van der Waals surface area contributed by atoms with E-state index in [0.717, 1.165) is 9.87 Å². The van der Waals surface area contributed by atoms with Crippen LogP contribution in [0.1, 0.15) is 5.56 Å². The number of aromatic nitrogens is 1. The van der Waals surface area contributed by atoms with Crippen LogP contribution in [0.5, 0.6) is 0 Å². The lowest BCUT2D eigenvalue weighted by Crippen LogP contribution is -2.36. The molecule has 1 aromatic carbocycles. The summed E-state index contributed by atoms with van der Waals surface area (Å²) in [5.41, 5.74) is 1.52. The number of aliphatic hydroxyl groups is 2. The number of nitrogens with zero attached hydrogens (tertiary/aromatic N) is 2. The van der Waals surface area contributed by atoms with Crippen LogP contribution < -0.4 is 0 Å². The highest BCUT2D eigenvalue weighted by Gasteiger charge is 2.26. The van der Waals surface area contributed by atoms with E-state index < -0.39 is 10.0 Å². The van der Waals surface area contributed by atoms with Gasteiger partial charge in [-0.05, 0) is 30.7 Å². The maximum absolute atomic E-state index is 12.7. The number of benzene rings is 1. The van der Waals surface area contributed by atoms with Gasteiger partial charge in [0.15, 0.2) is 0 Å². The first-order valence-electron chi connectivity index (χ1n) is 6.58. The fourth-order valence-corrected chi connectivity index (χ4v) is 3.83. The van der Waals surface area contributed by atoms with Gasteiger partial charge in [0.05, 0.1) is 23.6 Å². The molecule has 0 amide bonds. The van der Waals surface area contributed by atoms with Crippen LogP contribution in [0, 0.1) is 6.92 Å². The number of rotatable bonds is 6. The molecular weight excluding hydrogens is 292 g/mol. The molecule has 7 heteroatoms. The van der Waals surface area contributed by atoms with Gasteiger partial charge in [0.2, 0.25) is 10.0 Å². The molecule has 0 aliphatic rings. The summed E-state index contributed by atoms with van der Waals surface area (Å²) in [6.45, 7) is 1.14. The SMILES string of the molecule is Cc1ccc(S(=O)(=O)N(CCO)CCO)c2cccnc12. The van der Waals surface area contributed by atoms with Crippen LogP contribution in [-0.2, 0) is 10.0 Å². The van der Waals surface area contributed by atoms with Crippen molar-refractivity contribution in [3.8, 4) is 0 Å². The zero-order valence-corrected chi connectivity index (χ0v) is 12.5. The lowest BCUT2D eigenvalue weighted by Gasteiger charge is -2.21. The van der Waals surface area contributed by atoms with Gasteiger partial charge in [-0.25, -0.2) is 8.42 Å². The van der Waals surface area contributed by atoms with Crippen LogP contribution in [0.25, 0.3) is 10.9 Å². The minimum Gasteiger partial charge on any atom is -0.395 e. The number of aryl methyl sites for hydroxylation is 1. The van der Waals surface area contributed by atoms with Crippen molar-refractivity contribution in [3.05, 3.63) is 36.0 Å². The lowest BCUT2D eigenvalue weighted by atomic mass is 10.1. The number of aliphatic hydroxyl groups excluding tert-OH is 2. The third-order valence-electron chi connectivity index (χ3n) is 3.25. The Labute approximate surface area is 123 Å². The molecule has 0 unspecified atom stereocenters. The van der Waals surface area contributed by atoms with E-state index in [1.165, 1.54) is 6.07 Å². The molecule has 1 aromatic heterocycles. The van der Waals surface area contributed by atoms with Crippen molar-refractivity contribution in [2.75, 3.05) is 26.3 Å². The molecule has 0 aliphatic carbocycles. The van der Waals surface area contributed by atoms with Gasteiger partial charge in [-0.15, -0.1) is 0 Å². The molecule has 0 bridgehead atoms. The van der Waals surface area contributed by atoms with Crippen LogP contribution >= 0.6 is 0 Å². The molecule has 0 radical (unpaired) electrons. The first kappa shape index (κ1) is 15.8. The number of sulfonamides is 1. The highest BCUT2D eigenvalue weighted by Crippen LogP contribution is 2.26. The number of hydrogen-bond acceptors (Lipinski definition) is 5. The molecule has 114 valence electrons. The second-order valence-corrected chi connectivity index (χ2v) is 6.54. The average Bonchev–Trinajstić information content (AvgIpc) is 2.47. The Bertz CT molecular complexity index is 725. The van der Waals surface area contributed by atoms with E-state index in [4.69, 9.17) is 10.2 Å². The minimum atomic E-state index is -3.80. The van der Waals surface area contributed by atoms with E-state index in [-0.39, 0.29) is 31.2 Å². The predicted molar refractivity (Wildman–Crippen MR) is 79.4 cm³/mol. The van der Waals surface area contributed by atoms with E-state index >= 15 is 0 Å². The summed E-state index contributed by atoms with van der Waals surface area (Å²) < 4.78 is 26.5. The second-order valence-electron chi connectivity index (χ2n) is 4.63. The number of hydrogen-bond donors (Lipinski definition) is 2. The fourth-order valence-electron chi connectivity index (χ4n) is 2.23. The summed E-state index contributed by atoms with van der Waals surface area (Å²) >= 11 is 0. The van der Waals surface area contributed by atoms with E-state index in [2.05, 4.69) is 4.98 Å². The van der Waals surface area contributed by atoms with E-state index in [0.29, 0.717) is 10.9 Å². The van der Waals surface area contributed by atoms with Gasteiger partial charge in [-0.3, -0.25) is 4.98 Å². The number of fused-ring (bicyclic) bond motifs is 1. The van der Waals surface area contributed by atoms with Crippen LogP contribution in [0.4, 0.5) is 0 Å². The predicted octanol–water partition coefficient (Wildman–Crippen LogP) is 0.519. The summed E-state index contributed by atoms with van der Waals surface area (Å²) in [5.74, 6) is 0. The molecule has 6 nitrogen and oxygen atoms in total. The number of pyridine rings is 1. The Morgan fingerprint density at radius 1 is 1.14 bits per heavy atom. The summed E-state index contributed by atoms with van der Waals surface area (Å²) in [6, 6.07) is 6.64. The smallest absolute Gasteiger partial charge is 0.243 e. The van der Waals surface area contributed by atoms with Crippen molar-refractivity contribution in [3.63, 3.8) is 0 Å². The third-order valence-corrected chi connectivity index (χ3v) is 5.20. The largest absolute Gasteiger partial charge is 0.395 e. The van der Waals surface area contributed by atoms with Crippen LogP contribution in [0.2, 0.25) is 0 Å². The molecule has 2 N–H and O–H groups in total. The monoisotopic (exact) mass is 310 g/mol. The van der Waals surface area contributed by atoms with Gasteiger partial charge in [0.25, 0.3) is 0 Å². The highest BCUT2D eigenvalue weighted by atomic mass is 32.2. The third kappa shape index (κ3) is 3.06. The molecule has 0 aliphatic heterocycles. The quantitative estimate of drug-likeness (QED) is 0.811. The zero-order valence-electron chi connectivity index (χ0n) is 11.7.